The van der Waals surface area contributed by atoms with Gasteiger partial charge in [-0.3, -0.25) is 0 Å². The highest BCUT2D eigenvalue weighted by molar-refractivity contribution is 5.62. The highest BCUT2D eigenvalue weighted by Gasteiger charge is 2.37. The van der Waals surface area contributed by atoms with Gasteiger partial charge < -0.3 is 10.1 Å². The molecule has 0 amide bonds. The van der Waals surface area contributed by atoms with E-state index < -0.39 is 5.54 Å². The molecule has 1 heterocycles. The zero-order valence-electron chi connectivity index (χ0n) is 10.1. The molecule has 1 aliphatic heterocycles. The van der Waals surface area contributed by atoms with Crippen LogP contribution in [0.25, 0.3) is 0 Å². The molecule has 0 fully saturated rings. The van der Waals surface area contributed by atoms with E-state index in [4.69, 9.17) is 4.74 Å². The maximum atomic E-state index is 13.3. The smallest absolute Gasteiger partial charge is 0.185 e. The maximum absolute atomic E-state index is 13.3. The van der Waals surface area contributed by atoms with E-state index in [0.29, 0.717) is 11.4 Å². The minimum atomic E-state index is -0.984. The minimum absolute atomic E-state index is 0.187. The Balaban J connectivity index is 2.05. The number of nitriles is 1. The lowest BCUT2D eigenvalue weighted by atomic mass is 9.90. The molecule has 0 spiro atoms. The number of rotatable bonds is 1. The summed E-state index contributed by atoms with van der Waals surface area (Å²) in [6.07, 6.45) is 0. The molecule has 0 bridgehead atoms. The molecule has 0 saturated heterocycles. The van der Waals surface area contributed by atoms with Crippen molar-refractivity contribution in [1.82, 2.24) is 0 Å². The highest BCUT2D eigenvalue weighted by Crippen LogP contribution is 2.37. The number of nitrogens with zero attached hydrogens (tertiary/aromatic N) is 1. The van der Waals surface area contributed by atoms with Crippen molar-refractivity contribution in [2.24, 2.45) is 0 Å². The number of halogens is 1. The van der Waals surface area contributed by atoms with Crippen molar-refractivity contribution in [3.05, 3.63) is 59.9 Å². The zero-order valence-corrected chi connectivity index (χ0v) is 10.1. The van der Waals surface area contributed by atoms with Gasteiger partial charge in [0.15, 0.2) is 5.54 Å². The fraction of sp³-hybridized carbons (Fsp3) is 0.133. The molecule has 4 heteroatoms. The van der Waals surface area contributed by atoms with E-state index in [1.165, 1.54) is 12.1 Å². The van der Waals surface area contributed by atoms with Crippen molar-refractivity contribution in [1.29, 1.82) is 5.26 Å². The number of hydrogen-bond donors (Lipinski definition) is 1. The summed E-state index contributed by atoms with van der Waals surface area (Å²) in [6, 6.07) is 15.8. The largest absolute Gasteiger partial charge is 0.487 e. The maximum Gasteiger partial charge on any atom is 0.185 e. The number of ether oxygens (including phenoxy) is 1. The Morgan fingerprint density at radius 3 is 2.74 bits per heavy atom. The normalized spacial score (nSPS) is 20.6. The molecule has 1 aliphatic rings. The number of nitrogens with one attached hydrogen (secondary N) is 1. The predicted molar refractivity (Wildman–Crippen MR) is 69.3 cm³/mol. The van der Waals surface area contributed by atoms with Gasteiger partial charge in [-0.1, -0.05) is 30.3 Å². The van der Waals surface area contributed by atoms with Crippen LogP contribution in [0.5, 0.6) is 5.75 Å². The summed E-state index contributed by atoms with van der Waals surface area (Å²) in [7, 11) is 0. The van der Waals surface area contributed by atoms with Crippen LogP contribution in [0.4, 0.5) is 10.1 Å². The summed E-state index contributed by atoms with van der Waals surface area (Å²) in [6.45, 7) is 0.187. The summed E-state index contributed by atoms with van der Waals surface area (Å²) in [5.41, 5.74) is 0.311. The van der Waals surface area contributed by atoms with Crippen LogP contribution in [0, 0.1) is 17.1 Å². The molecule has 1 atom stereocenters. The molecule has 2 aromatic carbocycles. The third-order valence-corrected chi connectivity index (χ3v) is 3.19. The van der Waals surface area contributed by atoms with Crippen LogP contribution in [0.2, 0.25) is 0 Å². The van der Waals surface area contributed by atoms with Crippen molar-refractivity contribution in [2.75, 3.05) is 11.9 Å². The van der Waals surface area contributed by atoms with Crippen molar-refractivity contribution >= 4 is 5.69 Å². The number of benzene rings is 2. The van der Waals surface area contributed by atoms with E-state index in [2.05, 4.69) is 11.4 Å². The Kier molecular flexibility index (Phi) is 2.60. The molecule has 0 saturated carbocycles. The van der Waals surface area contributed by atoms with Crippen molar-refractivity contribution in [3.63, 3.8) is 0 Å². The number of anilines is 1. The average Bonchev–Trinajstić information content (AvgIpc) is 2.47. The van der Waals surface area contributed by atoms with Crippen LogP contribution in [0.1, 0.15) is 5.56 Å². The lowest BCUT2D eigenvalue weighted by Crippen LogP contribution is -2.42. The fourth-order valence-electron chi connectivity index (χ4n) is 2.18. The van der Waals surface area contributed by atoms with E-state index >= 15 is 0 Å². The summed E-state index contributed by atoms with van der Waals surface area (Å²) in [5, 5.41) is 12.6. The standard InChI is InChI=1S/C15H11FN2O/c16-12-6-7-14-13(8-12)18-15(9-17,10-19-14)11-4-2-1-3-5-11/h1-8,18H,10H2. The van der Waals surface area contributed by atoms with Crippen LogP contribution >= 0.6 is 0 Å². The van der Waals surface area contributed by atoms with Gasteiger partial charge in [0.2, 0.25) is 0 Å². The van der Waals surface area contributed by atoms with Crippen molar-refractivity contribution in [2.45, 2.75) is 5.54 Å². The molecule has 19 heavy (non-hydrogen) atoms. The van der Waals surface area contributed by atoms with Crippen LogP contribution in [0.3, 0.4) is 0 Å². The monoisotopic (exact) mass is 254 g/mol. The molecule has 0 aromatic heterocycles. The van der Waals surface area contributed by atoms with E-state index in [1.54, 1.807) is 6.07 Å². The number of fused-ring (bicyclic) bond motifs is 1. The van der Waals surface area contributed by atoms with Crippen LogP contribution < -0.4 is 10.1 Å². The Labute approximate surface area is 110 Å². The van der Waals surface area contributed by atoms with Gasteiger partial charge in [0, 0.05) is 6.07 Å². The first-order chi connectivity index (χ1) is 9.23. The summed E-state index contributed by atoms with van der Waals surface area (Å²) in [5.74, 6) is 0.194. The Morgan fingerprint density at radius 2 is 2.00 bits per heavy atom. The van der Waals surface area contributed by atoms with Gasteiger partial charge in [-0.15, -0.1) is 0 Å². The average molecular weight is 254 g/mol. The first kappa shape index (κ1) is 11.5. The molecule has 2 aromatic rings. The Morgan fingerprint density at radius 1 is 1.21 bits per heavy atom. The third-order valence-electron chi connectivity index (χ3n) is 3.19. The first-order valence-electron chi connectivity index (χ1n) is 5.91. The lowest BCUT2D eigenvalue weighted by molar-refractivity contribution is 0.253. The molecule has 0 radical (unpaired) electrons. The van der Waals surface area contributed by atoms with Gasteiger partial charge >= 0.3 is 0 Å². The topological polar surface area (TPSA) is 45.0 Å². The van der Waals surface area contributed by atoms with E-state index in [-0.39, 0.29) is 12.4 Å². The fourth-order valence-corrected chi connectivity index (χ4v) is 2.18. The molecule has 3 rings (SSSR count). The van der Waals surface area contributed by atoms with Gasteiger partial charge in [-0.2, -0.15) is 5.26 Å². The molecule has 1 unspecified atom stereocenters. The molecule has 0 aliphatic carbocycles. The van der Waals surface area contributed by atoms with Gasteiger partial charge in [-0.05, 0) is 17.7 Å². The summed E-state index contributed by atoms with van der Waals surface area (Å²) in [4.78, 5) is 0. The van der Waals surface area contributed by atoms with Gasteiger partial charge in [0.05, 0.1) is 11.8 Å². The van der Waals surface area contributed by atoms with Crippen LogP contribution in [-0.4, -0.2) is 6.61 Å². The van der Waals surface area contributed by atoms with E-state index in [1.807, 2.05) is 30.3 Å². The predicted octanol–water partition coefficient (Wildman–Crippen LogP) is 3.05. The highest BCUT2D eigenvalue weighted by atomic mass is 19.1. The third kappa shape index (κ3) is 1.89. The molecular weight excluding hydrogens is 243 g/mol. The van der Waals surface area contributed by atoms with E-state index in [9.17, 15) is 9.65 Å². The zero-order chi connectivity index (χ0) is 13.3. The van der Waals surface area contributed by atoms with Crippen LogP contribution in [-0.2, 0) is 5.54 Å². The van der Waals surface area contributed by atoms with Gasteiger partial charge in [0.1, 0.15) is 18.2 Å². The molecule has 3 nitrogen and oxygen atoms in total. The van der Waals surface area contributed by atoms with Crippen LogP contribution in [0.15, 0.2) is 48.5 Å². The van der Waals surface area contributed by atoms with Crippen molar-refractivity contribution in [3.8, 4) is 11.8 Å². The van der Waals surface area contributed by atoms with Gasteiger partial charge in [-0.25, -0.2) is 4.39 Å². The molecule has 94 valence electrons. The second kappa shape index (κ2) is 4.29. The molecule has 1 N–H and O–H groups in total. The van der Waals surface area contributed by atoms with E-state index in [0.717, 1.165) is 5.56 Å². The number of hydrogen-bond acceptors (Lipinski definition) is 3. The van der Waals surface area contributed by atoms with Crippen molar-refractivity contribution < 1.29 is 9.13 Å². The first-order valence-corrected chi connectivity index (χ1v) is 5.91. The Hall–Kier alpha value is -2.54. The second-order valence-corrected chi connectivity index (χ2v) is 4.44. The lowest BCUT2D eigenvalue weighted by Gasteiger charge is -2.34. The summed E-state index contributed by atoms with van der Waals surface area (Å²) < 4.78 is 18.9. The van der Waals surface area contributed by atoms with Gasteiger partial charge in [0.25, 0.3) is 0 Å². The second-order valence-electron chi connectivity index (χ2n) is 4.44. The SMILES string of the molecule is N#CC1(c2ccccc2)COc2ccc(F)cc2N1. The molecular formula is C15H11FN2O. The summed E-state index contributed by atoms with van der Waals surface area (Å²) >= 11 is 0. The quantitative estimate of drug-likeness (QED) is 0.850. The minimum Gasteiger partial charge on any atom is -0.487 e. The Bertz CT molecular complexity index is 651.